The number of aromatic nitrogens is 5. The largest absolute Gasteiger partial charge is 0.355 e. The topological polar surface area (TPSA) is 54.3 Å². The Balaban J connectivity index is 1.26. The van der Waals surface area contributed by atoms with Crippen LogP contribution in [0.15, 0.2) is 140 Å². The normalized spacial score (nSPS) is 12.3. The fourth-order valence-corrected chi connectivity index (χ4v) is 7.73. The van der Waals surface area contributed by atoms with E-state index >= 15 is 0 Å². The molecule has 5 heteroatoms. The van der Waals surface area contributed by atoms with Crippen molar-refractivity contribution >= 4 is 87.5 Å². The van der Waals surface area contributed by atoms with E-state index < -0.39 is 0 Å². The lowest BCUT2D eigenvalue weighted by Gasteiger charge is -2.10. The van der Waals surface area contributed by atoms with Crippen molar-refractivity contribution in [1.82, 2.24) is 24.1 Å². The molecule has 0 spiro atoms. The van der Waals surface area contributed by atoms with Crippen molar-refractivity contribution in [3.63, 3.8) is 0 Å². The number of hydrogen-bond acceptors (Lipinski definition) is 1. The van der Waals surface area contributed by atoms with Gasteiger partial charge in [-0.2, -0.15) is 0 Å². The molecule has 0 radical (unpaired) electrons. The summed E-state index contributed by atoms with van der Waals surface area (Å²) in [6.45, 7) is 0. The Bertz CT molecular complexity index is 2830. The Morgan fingerprint density at radius 3 is 1.26 bits per heavy atom. The molecule has 6 aromatic carbocycles. The zero-order valence-corrected chi connectivity index (χ0v) is 24.6. The molecule has 214 valence electrons. The lowest BCUT2D eigenvalue weighted by molar-refractivity contribution is 1.11. The second kappa shape index (κ2) is 8.65. The predicted molar refractivity (Wildman–Crippen MR) is 192 cm³/mol. The summed E-state index contributed by atoms with van der Waals surface area (Å²) < 4.78 is 4.66. The molecule has 0 aliphatic rings. The molecule has 0 aliphatic heterocycles. The van der Waals surface area contributed by atoms with Crippen LogP contribution >= 0.6 is 0 Å². The molecule has 2 N–H and O–H groups in total. The van der Waals surface area contributed by atoms with E-state index in [9.17, 15) is 0 Å². The summed E-state index contributed by atoms with van der Waals surface area (Å²) in [6, 6.07) is 50.1. The molecule has 46 heavy (non-hydrogen) atoms. The third-order valence-corrected chi connectivity index (χ3v) is 9.77. The molecule has 0 atom stereocenters. The number of aromatic amines is 2. The zero-order valence-electron chi connectivity index (χ0n) is 24.6. The van der Waals surface area contributed by atoms with Gasteiger partial charge in [-0.3, -0.25) is 9.13 Å². The van der Waals surface area contributed by atoms with Crippen molar-refractivity contribution < 1.29 is 0 Å². The number of hydrogen-bond donors (Lipinski definition) is 2. The Morgan fingerprint density at radius 2 is 0.761 bits per heavy atom. The highest BCUT2D eigenvalue weighted by molar-refractivity contribution is 6.17. The van der Waals surface area contributed by atoms with Crippen LogP contribution in [-0.4, -0.2) is 24.1 Å². The molecule has 0 saturated carbocycles. The summed E-state index contributed by atoms with van der Waals surface area (Å²) in [4.78, 5) is 12.7. The van der Waals surface area contributed by atoms with Crippen LogP contribution in [0.4, 0.5) is 0 Å². The highest BCUT2D eigenvalue weighted by Gasteiger charge is 2.20. The quantitative estimate of drug-likeness (QED) is 0.208. The number of H-pyrrole nitrogens is 2. The Morgan fingerprint density at radius 1 is 0.348 bits per heavy atom. The number of para-hydroxylation sites is 4. The molecule has 11 rings (SSSR count). The van der Waals surface area contributed by atoms with E-state index in [1.54, 1.807) is 0 Å². The minimum atomic E-state index is 0.949. The summed E-state index contributed by atoms with van der Waals surface area (Å²) in [6.07, 6.45) is 0. The predicted octanol–water partition coefficient (Wildman–Crippen LogP) is 10.5. The molecule has 5 nitrogen and oxygen atoms in total. The summed E-state index contributed by atoms with van der Waals surface area (Å²) in [5.74, 6) is 0. The molecule has 0 bridgehead atoms. The lowest BCUT2D eigenvalue weighted by Crippen LogP contribution is -1.99. The molecule has 0 saturated heterocycles. The fraction of sp³-hybridized carbons (Fsp3) is 0. The Hall–Kier alpha value is -6.33. The first kappa shape index (κ1) is 24.0. The van der Waals surface area contributed by atoms with Gasteiger partial charge in [-0.15, -0.1) is 0 Å². The lowest BCUT2D eigenvalue weighted by atomic mass is 10.1. The average Bonchev–Trinajstić information content (AvgIpc) is 3.84. The van der Waals surface area contributed by atoms with Gasteiger partial charge in [0.2, 0.25) is 0 Å². The van der Waals surface area contributed by atoms with Crippen molar-refractivity contribution in [2.75, 3.05) is 0 Å². The molecule has 11 aromatic rings. The molecule has 0 unspecified atom stereocenters. The van der Waals surface area contributed by atoms with Gasteiger partial charge in [-0.25, -0.2) is 4.98 Å². The van der Waals surface area contributed by atoms with Crippen LogP contribution in [0.2, 0.25) is 0 Å². The maximum Gasteiger partial charge on any atom is 0.148 e. The summed E-state index contributed by atoms with van der Waals surface area (Å²) in [7, 11) is 0. The summed E-state index contributed by atoms with van der Waals surface area (Å²) >= 11 is 0. The maximum atomic E-state index is 5.58. The molecule has 0 fully saturated rings. The van der Waals surface area contributed by atoms with E-state index in [0.29, 0.717) is 0 Å². The Kier molecular flexibility index (Phi) is 4.52. The van der Waals surface area contributed by atoms with E-state index in [1.165, 1.54) is 32.3 Å². The van der Waals surface area contributed by atoms with Crippen LogP contribution < -0.4 is 0 Å². The van der Waals surface area contributed by atoms with Gasteiger partial charge < -0.3 is 9.97 Å². The average molecular weight is 588 g/mol. The smallest absolute Gasteiger partial charge is 0.148 e. The van der Waals surface area contributed by atoms with Gasteiger partial charge >= 0.3 is 0 Å². The van der Waals surface area contributed by atoms with Crippen LogP contribution in [0.25, 0.3) is 98.9 Å². The van der Waals surface area contributed by atoms with E-state index in [4.69, 9.17) is 4.98 Å². The van der Waals surface area contributed by atoms with Crippen LogP contribution in [0.3, 0.4) is 0 Å². The molecular formula is C41H25N5. The number of rotatable bonds is 2. The molecule has 0 amide bonds. The molecule has 5 heterocycles. The highest BCUT2D eigenvalue weighted by atomic mass is 15.1. The minimum absolute atomic E-state index is 0.949. The van der Waals surface area contributed by atoms with Crippen LogP contribution in [0, 0.1) is 0 Å². The van der Waals surface area contributed by atoms with Gasteiger partial charge in [0.1, 0.15) is 11.3 Å². The highest BCUT2D eigenvalue weighted by Crippen LogP contribution is 2.39. The molecular weight excluding hydrogens is 562 g/mol. The van der Waals surface area contributed by atoms with Gasteiger partial charge in [0.15, 0.2) is 0 Å². The second-order valence-corrected chi connectivity index (χ2v) is 12.2. The zero-order chi connectivity index (χ0) is 29.9. The fourth-order valence-electron chi connectivity index (χ4n) is 7.73. The van der Waals surface area contributed by atoms with Gasteiger partial charge in [0, 0.05) is 76.5 Å². The minimum Gasteiger partial charge on any atom is -0.355 e. The summed E-state index contributed by atoms with van der Waals surface area (Å²) in [5, 5.41) is 9.56. The van der Waals surface area contributed by atoms with E-state index in [0.717, 1.165) is 66.5 Å². The van der Waals surface area contributed by atoms with Gasteiger partial charge in [-0.1, -0.05) is 72.8 Å². The first-order valence-electron chi connectivity index (χ1n) is 15.7. The van der Waals surface area contributed by atoms with E-state index in [-0.39, 0.29) is 0 Å². The van der Waals surface area contributed by atoms with Gasteiger partial charge in [-0.05, 0) is 66.7 Å². The monoisotopic (exact) mass is 587 g/mol. The van der Waals surface area contributed by atoms with Gasteiger partial charge in [0.25, 0.3) is 0 Å². The second-order valence-electron chi connectivity index (χ2n) is 12.2. The molecule has 5 aromatic heterocycles. The van der Waals surface area contributed by atoms with Gasteiger partial charge in [0.05, 0.1) is 11.0 Å². The third-order valence-electron chi connectivity index (χ3n) is 9.77. The van der Waals surface area contributed by atoms with Crippen molar-refractivity contribution in [2.24, 2.45) is 0 Å². The van der Waals surface area contributed by atoms with Crippen molar-refractivity contribution in [2.45, 2.75) is 0 Å². The molecule has 0 aliphatic carbocycles. The number of pyridine rings is 1. The van der Waals surface area contributed by atoms with E-state index in [2.05, 4.69) is 159 Å². The Labute approximate surface area is 261 Å². The maximum absolute atomic E-state index is 5.58. The van der Waals surface area contributed by atoms with Crippen LogP contribution in [-0.2, 0) is 0 Å². The van der Waals surface area contributed by atoms with E-state index in [1.807, 2.05) is 0 Å². The number of fused-ring (bicyclic) bond motifs is 12. The first-order valence-corrected chi connectivity index (χ1v) is 15.7. The summed E-state index contributed by atoms with van der Waals surface area (Å²) in [5.41, 5.74) is 10.9. The number of benzene rings is 6. The van der Waals surface area contributed by atoms with Crippen LogP contribution in [0.1, 0.15) is 0 Å². The number of nitrogens with one attached hydrogen (secondary N) is 2. The first-order chi connectivity index (χ1) is 22.8. The van der Waals surface area contributed by atoms with Crippen molar-refractivity contribution in [3.05, 3.63) is 140 Å². The SMILES string of the molecule is c1ccc2c(c1)[nH]c1ccc(-n3c4ccccc4c4cc5c6ccccc6n(-c6ccc7[nH]c8ccccc8c7c6)c5nc43)cc12. The van der Waals surface area contributed by atoms with Crippen molar-refractivity contribution in [1.29, 1.82) is 0 Å². The van der Waals surface area contributed by atoms with Crippen molar-refractivity contribution in [3.8, 4) is 11.4 Å². The van der Waals surface area contributed by atoms with Crippen LogP contribution in [0.5, 0.6) is 0 Å². The standard InChI is InChI=1S/C41H25N5/c1-5-13-34-26(9-1)30-21-24(17-19-36(30)42-34)45-38-15-7-3-11-28(38)32-23-33-29-12-4-8-16-39(29)46(41(33)44-40(32)45)25-18-20-37-31(22-25)27-10-2-6-14-35(27)43-37/h1-23,42-43H. The third kappa shape index (κ3) is 3.11. The number of nitrogens with zero attached hydrogens (tertiary/aromatic N) is 3.